The topological polar surface area (TPSA) is 41.5 Å². The molecule has 1 aromatic rings. The SMILES string of the molecule is CCNC(C)CCc1ccc(OCC(C)O)cc1. The molecule has 0 aliphatic rings. The molecule has 0 aromatic heterocycles. The van der Waals surface area contributed by atoms with Crippen LogP contribution in [0.15, 0.2) is 24.3 Å². The van der Waals surface area contributed by atoms with E-state index >= 15 is 0 Å². The summed E-state index contributed by atoms with van der Waals surface area (Å²) in [7, 11) is 0. The van der Waals surface area contributed by atoms with Gasteiger partial charge in [0.1, 0.15) is 12.4 Å². The van der Waals surface area contributed by atoms with E-state index in [4.69, 9.17) is 9.84 Å². The summed E-state index contributed by atoms with van der Waals surface area (Å²) >= 11 is 0. The lowest BCUT2D eigenvalue weighted by Crippen LogP contribution is -2.25. The highest BCUT2D eigenvalue weighted by Gasteiger charge is 2.02. The fraction of sp³-hybridized carbons (Fsp3) is 0.600. The molecular formula is C15H25NO2. The van der Waals surface area contributed by atoms with E-state index < -0.39 is 6.10 Å². The van der Waals surface area contributed by atoms with E-state index in [1.165, 1.54) is 5.56 Å². The van der Waals surface area contributed by atoms with Crippen molar-refractivity contribution in [1.82, 2.24) is 5.32 Å². The van der Waals surface area contributed by atoms with Crippen LogP contribution in [-0.4, -0.2) is 30.4 Å². The zero-order chi connectivity index (χ0) is 13.4. The van der Waals surface area contributed by atoms with Crippen LogP contribution in [-0.2, 0) is 6.42 Å². The minimum atomic E-state index is -0.425. The monoisotopic (exact) mass is 251 g/mol. The Kier molecular flexibility index (Phi) is 6.76. The van der Waals surface area contributed by atoms with E-state index in [-0.39, 0.29) is 0 Å². The Balaban J connectivity index is 2.35. The van der Waals surface area contributed by atoms with Crippen molar-refractivity contribution in [2.75, 3.05) is 13.2 Å². The molecule has 3 nitrogen and oxygen atoms in total. The number of benzene rings is 1. The molecule has 0 aliphatic heterocycles. The van der Waals surface area contributed by atoms with Gasteiger partial charge in [-0.25, -0.2) is 0 Å². The molecule has 0 aliphatic carbocycles. The molecule has 1 aromatic carbocycles. The van der Waals surface area contributed by atoms with Crippen LogP contribution < -0.4 is 10.1 Å². The van der Waals surface area contributed by atoms with Gasteiger partial charge >= 0.3 is 0 Å². The van der Waals surface area contributed by atoms with Crippen LogP contribution in [0.25, 0.3) is 0 Å². The lowest BCUT2D eigenvalue weighted by molar-refractivity contribution is 0.122. The van der Waals surface area contributed by atoms with Gasteiger partial charge in [-0.05, 0) is 50.9 Å². The molecule has 3 heteroatoms. The average molecular weight is 251 g/mol. The zero-order valence-corrected chi connectivity index (χ0v) is 11.6. The summed E-state index contributed by atoms with van der Waals surface area (Å²) in [5.41, 5.74) is 1.32. The van der Waals surface area contributed by atoms with E-state index in [9.17, 15) is 0 Å². The number of aliphatic hydroxyl groups excluding tert-OH is 1. The number of hydrogen-bond acceptors (Lipinski definition) is 3. The Morgan fingerprint density at radius 2 is 1.89 bits per heavy atom. The second-order valence-electron chi connectivity index (χ2n) is 4.80. The van der Waals surface area contributed by atoms with Crippen LogP contribution in [0.4, 0.5) is 0 Å². The van der Waals surface area contributed by atoms with Crippen molar-refractivity contribution in [1.29, 1.82) is 0 Å². The largest absolute Gasteiger partial charge is 0.491 e. The summed E-state index contributed by atoms with van der Waals surface area (Å²) < 4.78 is 5.42. The molecule has 0 saturated carbocycles. The Hall–Kier alpha value is -1.06. The molecule has 102 valence electrons. The lowest BCUT2D eigenvalue weighted by Gasteiger charge is -2.12. The molecule has 0 bridgehead atoms. The van der Waals surface area contributed by atoms with Crippen molar-refractivity contribution >= 4 is 0 Å². The Labute approximate surface area is 110 Å². The van der Waals surface area contributed by atoms with E-state index in [1.807, 2.05) is 12.1 Å². The lowest BCUT2D eigenvalue weighted by atomic mass is 10.1. The first-order valence-corrected chi connectivity index (χ1v) is 6.75. The number of nitrogens with one attached hydrogen (secondary N) is 1. The molecule has 0 heterocycles. The highest BCUT2D eigenvalue weighted by molar-refractivity contribution is 5.27. The third-order valence-electron chi connectivity index (χ3n) is 2.83. The van der Waals surface area contributed by atoms with Crippen LogP contribution in [0.5, 0.6) is 5.75 Å². The van der Waals surface area contributed by atoms with Crippen LogP contribution in [0, 0.1) is 0 Å². The van der Waals surface area contributed by atoms with Gasteiger partial charge in [0.25, 0.3) is 0 Å². The van der Waals surface area contributed by atoms with E-state index in [1.54, 1.807) is 6.92 Å². The third kappa shape index (κ3) is 6.03. The van der Waals surface area contributed by atoms with Crippen LogP contribution in [0.2, 0.25) is 0 Å². The third-order valence-corrected chi connectivity index (χ3v) is 2.83. The Morgan fingerprint density at radius 1 is 1.22 bits per heavy atom. The van der Waals surface area contributed by atoms with Gasteiger partial charge in [-0.1, -0.05) is 19.1 Å². The van der Waals surface area contributed by atoms with Gasteiger partial charge in [0.2, 0.25) is 0 Å². The number of aliphatic hydroxyl groups is 1. The quantitative estimate of drug-likeness (QED) is 0.745. The fourth-order valence-electron chi connectivity index (χ4n) is 1.80. The summed E-state index contributed by atoms with van der Waals surface area (Å²) in [6.45, 7) is 7.43. The average Bonchev–Trinajstić information content (AvgIpc) is 2.35. The van der Waals surface area contributed by atoms with Crippen molar-refractivity contribution in [3.63, 3.8) is 0 Å². The van der Waals surface area contributed by atoms with Crippen LogP contribution in [0.3, 0.4) is 0 Å². The molecule has 2 unspecified atom stereocenters. The first-order chi connectivity index (χ1) is 8.61. The highest BCUT2D eigenvalue weighted by Crippen LogP contribution is 2.14. The molecule has 0 radical (unpaired) electrons. The van der Waals surface area contributed by atoms with Crippen LogP contribution >= 0.6 is 0 Å². The number of ether oxygens (including phenoxy) is 1. The maximum absolute atomic E-state index is 9.13. The Bertz CT molecular complexity index is 322. The molecule has 0 saturated heterocycles. The fourth-order valence-corrected chi connectivity index (χ4v) is 1.80. The van der Waals surface area contributed by atoms with Crippen molar-refractivity contribution < 1.29 is 9.84 Å². The van der Waals surface area contributed by atoms with E-state index in [0.717, 1.165) is 25.1 Å². The van der Waals surface area contributed by atoms with Gasteiger partial charge in [-0.3, -0.25) is 0 Å². The molecule has 0 spiro atoms. The minimum Gasteiger partial charge on any atom is -0.491 e. The van der Waals surface area contributed by atoms with Gasteiger partial charge < -0.3 is 15.2 Å². The number of aryl methyl sites for hydroxylation is 1. The molecule has 2 atom stereocenters. The first kappa shape index (κ1) is 15.0. The van der Waals surface area contributed by atoms with E-state index in [0.29, 0.717) is 12.6 Å². The first-order valence-electron chi connectivity index (χ1n) is 6.75. The summed E-state index contributed by atoms with van der Waals surface area (Å²) in [5, 5.41) is 12.5. The number of rotatable bonds is 8. The van der Waals surface area contributed by atoms with Gasteiger partial charge in [-0.2, -0.15) is 0 Å². The van der Waals surface area contributed by atoms with Gasteiger partial charge in [0, 0.05) is 6.04 Å². The second kappa shape index (κ2) is 8.11. The number of hydrogen-bond donors (Lipinski definition) is 2. The minimum absolute atomic E-state index is 0.344. The molecule has 1 rings (SSSR count). The van der Waals surface area contributed by atoms with Crippen molar-refractivity contribution in [3.8, 4) is 5.75 Å². The smallest absolute Gasteiger partial charge is 0.119 e. The molecular weight excluding hydrogens is 226 g/mol. The maximum Gasteiger partial charge on any atom is 0.119 e. The van der Waals surface area contributed by atoms with Gasteiger partial charge in [-0.15, -0.1) is 0 Å². The van der Waals surface area contributed by atoms with E-state index in [2.05, 4.69) is 31.3 Å². The summed E-state index contributed by atoms with van der Waals surface area (Å²) in [6, 6.07) is 8.68. The van der Waals surface area contributed by atoms with Crippen molar-refractivity contribution in [2.24, 2.45) is 0 Å². The highest BCUT2D eigenvalue weighted by atomic mass is 16.5. The van der Waals surface area contributed by atoms with Gasteiger partial charge in [0.15, 0.2) is 0 Å². The molecule has 18 heavy (non-hydrogen) atoms. The molecule has 0 fully saturated rings. The normalized spacial score (nSPS) is 14.2. The summed E-state index contributed by atoms with van der Waals surface area (Å²) in [4.78, 5) is 0. The summed E-state index contributed by atoms with van der Waals surface area (Å²) in [6.07, 6.45) is 1.79. The molecule has 0 amide bonds. The Morgan fingerprint density at radius 3 is 2.44 bits per heavy atom. The second-order valence-corrected chi connectivity index (χ2v) is 4.80. The predicted molar refractivity (Wildman–Crippen MR) is 75.1 cm³/mol. The van der Waals surface area contributed by atoms with Gasteiger partial charge in [0.05, 0.1) is 6.10 Å². The maximum atomic E-state index is 9.13. The van der Waals surface area contributed by atoms with Crippen LogP contribution in [0.1, 0.15) is 32.8 Å². The van der Waals surface area contributed by atoms with Crippen molar-refractivity contribution in [2.45, 2.75) is 45.8 Å². The predicted octanol–water partition coefficient (Wildman–Crippen LogP) is 2.38. The van der Waals surface area contributed by atoms with Crippen molar-refractivity contribution in [3.05, 3.63) is 29.8 Å². The summed E-state index contributed by atoms with van der Waals surface area (Å²) in [5.74, 6) is 0.819. The molecule has 2 N–H and O–H groups in total. The standard InChI is InChI=1S/C15H25NO2/c1-4-16-12(2)5-6-14-7-9-15(10-8-14)18-11-13(3)17/h7-10,12-13,16-17H,4-6,11H2,1-3H3. The zero-order valence-electron chi connectivity index (χ0n) is 11.6.